The summed E-state index contributed by atoms with van der Waals surface area (Å²) >= 11 is 0. The van der Waals surface area contributed by atoms with Crippen molar-refractivity contribution in [3.05, 3.63) is 71.6 Å². The number of sulfone groups is 1. The first-order valence-electron chi connectivity index (χ1n) is 14.4. The number of nitrogens with zero attached hydrogens (tertiary/aromatic N) is 6. The van der Waals surface area contributed by atoms with E-state index < -0.39 is 21.8 Å². The molecule has 2 aromatic carbocycles. The molecule has 6 rings (SSSR count). The fourth-order valence-corrected chi connectivity index (χ4v) is 6.12. The summed E-state index contributed by atoms with van der Waals surface area (Å²) in [6.45, 7) is 6.31. The molecule has 1 atom stereocenters. The number of aryl methyl sites for hydroxylation is 2. The Morgan fingerprint density at radius 2 is 1.82 bits per heavy atom. The summed E-state index contributed by atoms with van der Waals surface area (Å²) in [4.78, 5) is 26.0. The van der Waals surface area contributed by atoms with Crippen molar-refractivity contribution < 1.29 is 31.8 Å². The molecule has 0 bridgehead atoms. The van der Waals surface area contributed by atoms with Crippen LogP contribution in [0.5, 0.6) is 11.5 Å². The number of fused-ring (bicyclic) bond motifs is 1. The number of carbonyl (C=O) groups is 1. The average molecular weight is 637 g/mol. The van der Waals surface area contributed by atoms with Crippen LogP contribution in [0.1, 0.15) is 23.9 Å². The summed E-state index contributed by atoms with van der Waals surface area (Å²) in [5.41, 5.74) is 3.26. The van der Waals surface area contributed by atoms with Crippen molar-refractivity contribution >= 4 is 27.4 Å². The van der Waals surface area contributed by atoms with Gasteiger partial charge in [-0.1, -0.05) is 12.1 Å². The first kappa shape index (κ1) is 30.5. The third kappa shape index (κ3) is 6.20. The van der Waals surface area contributed by atoms with Crippen molar-refractivity contribution in [2.75, 3.05) is 42.4 Å². The fraction of sp³-hybridized carbons (Fsp3) is 0.355. The Kier molecular flexibility index (Phi) is 8.18. The number of ether oxygens (including phenoxy) is 3. The lowest BCUT2D eigenvalue weighted by Crippen LogP contribution is -2.44. The quantitative estimate of drug-likeness (QED) is 0.284. The maximum atomic E-state index is 15.5. The van der Waals surface area contributed by atoms with E-state index in [0.29, 0.717) is 41.7 Å². The van der Waals surface area contributed by atoms with Crippen molar-refractivity contribution in [3.63, 3.8) is 0 Å². The summed E-state index contributed by atoms with van der Waals surface area (Å²) in [6.07, 6.45) is 3.42. The molecule has 2 aliphatic rings. The molecule has 236 valence electrons. The molecule has 0 N–H and O–H groups in total. The van der Waals surface area contributed by atoms with Crippen LogP contribution < -0.4 is 19.3 Å². The monoisotopic (exact) mass is 636 g/mol. The standard InChI is InChI=1S/C31H33FN6O6S/c1-19-25(28(36(3)35-19)18-43-23-15-33-31(34-16-23)37-8-10-42-11-9-37)17-38-27-14-22(13-26(32)29(27)44-20(2)30(38)39)21-6-5-7-24(12-21)45(4,40)41/h5-7,12-16,20H,8-11,17-18H2,1-4H3/t20-/m1/s1. The molecule has 12 nitrogen and oxygen atoms in total. The number of anilines is 2. The second kappa shape index (κ2) is 12.1. The van der Waals surface area contributed by atoms with Gasteiger partial charge < -0.3 is 24.0 Å². The SMILES string of the molecule is Cc1nn(C)c(COc2cnc(N3CCOCC3)nc2)c1CN1C(=O)[C@@H](C)Oc2c(F)cc(-c3cccc(S(C)(=O)=O)c3)cc21. The van der Waals surface area contributed by atoms with Crippen LogP contribution in [0.15, 0.2) is 53.7 Å². The number of hydrogen-bond acceptors (Lipinski definition) is 10. The topological polar surface area (TPSA) is 129 Å². The van der Waals surface area contributed by atoms with Gasteiger partial charge in [0.1, 0.15) is 6.61 Å². The van der Waals surface area contributed by atoms with Gasteiger partial charge in [0.05, 0.1) is 54.1 Å². The van der Waals surface area contributed by atoms with Crippen molar-refractivity contribution in [1.29, 1.82) is 0 Å². The van der Waals surface area contributed by atoms with Gasteiger partial charge >= 0.3 is 0 Å². The lowest BCUT2D eigenvalue weighted by atomic mass is 10.0. The number of amides is 1. The zero-order chi connectivity index (χ0) is 31.9. The predicted molar refractivity (Wildman–Crippen MR) is 164 cm³/mol. The van der Waals surface area contributed by atoms with Gasteiger partial charge in [0.15, 0.2) is 33.3 Å². The predicted octanol–water partition coefficient (Wildman–Crippen LogP) is 3.46. The molecule has 45 heavy (non-hydrogen) atoms. The van der Waals surface area contributed by atoms with Gasteiger partial charge in [0, 0.05) is 32.0 Å². The number of hydrogen-bond donors (Lipinski definition) is 0. The smallest absolute Gasteiger partial charge is 0.268 e. The highest BCUT2D eigenvalue weighted by atomic mass is 32.2. The largest absolute Gasteiger partial charge is 0.484 e. The van der Waals surface area contributed by atoms with Crippen LogP contribution in [-0.2, 0) is 39.6 Å². The summed E-state index contributed by atoms with van der Waals surface area (Å²) < 4.78 is 58.7. The molecule has 1 fully saturated rings. The van der Waals surface area contributed by atoms with Crippen LogP contribution in [0.4, 0.5) is 16.0 Å². The molecule has 0 unspecified atom stereocenters. The zero-order valence-electron chi connectivity index (χ0n) is 25.4. The average Bonchev–Trinajstić information content (AvgIpc) is 3.30. The third-order valence-corrected chi connectivity index (χ3v) is 9.00. The summed E-state index contributed by atoms with van der Waals surface area (Å²) in [7, 11) is -1.70. The third-order valence-electron chi connectivity index (χ3n) is 7.89. The molecule has 1 amide bonds. The molecule has 4 heterocycles. The maximum absolute atomic E-state index is 15.5. The summed E-state index contributed by atoms with van der Waals surface area (Å²) in [5.74, 6) is 0.00831. The van der Waals surface area contributed by atoms with Gasteiger partial charge in [0.25, 0.3) is 5.91 Å². The van der Waals surface area contributed by atoms with Crippen LogP contribution in [0.2, 0.25) is 0 Å². The van der Waals surface area contributed by atoms with Crippen LogP contribution in [-0.4, -0.2) is 72.7 Å². The van der Waals surface area contributed by atoms with Crippen LogP contribution in [0.3, 0.4) is 0 Å². The lowest BCUT2D eigenvalue weighted by molar-refractivity contribution is -0.125. The van der Waals surface area contributed by atoms with Gasteiger partial charge in [-0.2, -0.15) is 5.10 Å². The van der Waals surface area contributed by atoms with Crippen LogP contribution in [0, 0.1) is 12.7 Å². The van der Waals surface area contributed by atoms with E-state index in [1.807, 2.05) is 11.8 Å². The molecular weight excluding hydrogens is 603 g/mol. The Labute approximate surface area is 260 Å². The second-order valence-corrected chi connectivity index (χ2v) is 13.0. The minimum absolute atomic E-state index is 0.0537. The molecule has 1 saturated heterocycles. The van der Waals surface area contributed by atoms with Gasteiger partial charge in [-0.05, 0) is 49.2 Å². The Bertz CT molecular complexity index is 1860. The van der Waals surface area contributed by atoms with E-state index in [1.165, 1.54) is 23.1 Å². The fourth-order valence-electron chi connectivity index (χ4n) is 5.45. The normalized spacial score (nSPS) is 16.8. The zero-order valence-corrected chi connectivity index (χ0v) is 26.2. The lowest BCUT2D eigenvalue weighted by Gasteiger charge is -2.34. The summed E-state index contributed by atoms with van der Waals surface area (Å²) in [6, 6.07) is 9.16. The van der Waals surface area contributed by atoms with Gasteiger partial charge in [0.2, 0.25) is 5.95 Å². The maximum Gasteiger partial charge on any atom is 0.268 e. The molecule has 0 radical (unpaired) electrons. The molecule has 2 aliphatic heterocycles. The van der Waals surface area contributed by atoms with E-state index in [-0.39, 0.29) is 35.4 Å². The van der Waals surface area contributed by atoms with Crippen molar-refractivity contribution in [2.24, 2.45) is 7.05 Å². The molecule has 2 aromatic heterocycles. The number of benzene rings is 2. The highest BCUT2D eigenvalue weighted by Crippen LogP contribution is 2.41. The summed E-state index contributed by atoms with van der Waals surface area (Å²) in [5, 5.41) is 4.57. The molecule has 0 saturated carbocycles. The Morgan fingerprint density at radius 1 is 1.09 bits per heavy atom. The number of carbonyl (C=O) groups excluding carboxylic acids is 1. The van der Waals surface area contributed by atoms with Crippen LogP contribution >= 0.6 is 0 Å². The van der Waals surface area contributed by atoms with E-state index in [0.717, 1.165) is 30.6 Å². The van der Waals surface area contributed by atoms with Gasteiger partial charge in [-0.25, -0.2) is 22.8 Å². The molecule has 0 aliphatic carbocycles. The Hall–Kier alpha value is -4.56. The second-order valence-electron chi connectivity index (χ2n) is 11.0. The molecular formula is C31H33FN6O6S. The van der Waals surface area contributed by atoms with Crippen molar-refractivity contribution in [3.8, 4) is 22.6 Å². The molecule has 0 spiro atoms. The number of morpholine rings is 1. The molecule has 4 aromatic rings. The number of aromatic nitrogens is 4. The first-order valence-corrected chi connectivity index (χ1v) is 16.3. The first-order chi connectivity index (χ1) is 21.5. The van der Waals surface area contributed by atoms with Crippen molar-refractivity contribution in [1.82, 2.24) is 19.7 Å². The van der Waals surface area contributed by atoms with Gasteiger partial charge in [-0.15, -0.1) is 0 Å². The van der Waals surface area contributed by atoms with E-state index in [4.69, 9.17) is 14.2 Å². The Morgan fingerprint density at radius 3 is 2.53 bits per heavy atom. The Balaban J connectivity index is 1.29. The number of halogens is 1. The van der Waals surface area contributed by atoms with Gasteiger partial charge in [-0.3, -0.25) is 9.48 Å². The number of rotatable bonds is 8. The highest BCUT2D eigenvalue weighted by Gasteiger charge is 2.35. The van der Waals surface area contributed by atoms with E-state index in [2.05, 4.69) is 15.1 Å². The van der Waals surface area contributed by atoms with Crippen LogP contribution in [0.25, 0.3) is 11.1 Å². The van der Waals surface area contributed by atoms with E-state index >= 15 is 4.39 Å². The minimum Gasteiger partial charge on any atom is -0.484 e. The minimum atomic E-state index is -3.49. The molecule has 14 heteroatoms. The highest BCUT2D eigenvalue weighted by molar-refractivity contribution is 7.90. The van der Waals surface area contributed by atoms with E-state index in [1.54, 1.807) is 49.2 Å². The van der Waals surface area contributed by atoms with E-state index in [9.17, 15) is 13.2 Å². The van der Waals surface area contributed by atoms with Crippen molar-refractivity contribution in [2.45, 2.75) is 38.0 Å².